The van der Waals surface area contributed by atoms with Crippen LogP contribution in [0.2, 0.25) is 0 Å². The van der Waals surface area contributed by atoms with E-state index in [0.29, 0.717) is 49.5 Å². The molecule has 12 heterocycles. The fourth-order valence-electron chi connectivity index (χ4n) is 15.5. The maximum absolute atomic E-state index is 13.9. The van der Waals surface area contributed by atoms with Gasteiger partial charge in [-0.3, -0.25) is 24.7 Å². The summed E-state index contributed by atoms with van der Waals surface area (Å²) < 4.78 is 87.3. The molecule has 6 aliphatic heterocycles. The van der Waals surface area contributed by atoms with E-state index in [4.69, 9.17) is 0 Å². The predicted octanol–water partition coefficient (Wildman–Crippen LogP) is 14.0. The van der Waals surface area contributed by atoms with E-state index in [1.807, 2.05) is 115 Å². The molecule has 0 saturated carbocycles. The average Bonchev–Trinajstić information content (AvgIpc) is 1.66. The van der Waals surface area contributed by atoms with Crippen LogP contribution in [-0.4, -0.2) is 124 Å². The molecule has 0 amide bonds. The highest BCUT2D eigenvalue weighted by molar-refractivity contribution is 7.91. The van der Waals surface area contributed by atoms with Gasteiger partial charge >= 0.3 is 0 Å². The number of pyridine rings is 3. The molecule has 15 nitrogen and oxygen atoms in total. The first-order valence-corrected chi connectivity index (χ1v) is 36.6. The van der Waals surface area contributed by atoms with E-state index < -0.39 is 30.1 Å². The number of nitrogens with zero attached hydrogens (tertiary/aromatic N) is 9. The topological polar surface area (TPSA) is 166 Å². The van der Waals surface area contributed by atoms with Crippen LogP contribution in [0.25, 0.3) is 81.9 Å². The molecule has 468 valence electrons. The third kappa shape index (κ3) is 10.5. The van der Waals surface area contributed by atoms with Crippen LogP contribution in [0.5, 0.6) is 0 Å². The molecular weight excluding hydrogens is 1220 g/mol. The van der Waals surface area contributed by atoms with Gasteiger partial charge in [0.25, 0.3) is 30.1 Å². The maximum Gasteiger partial charge on any atom is 0.270 e. The van der Waals surface area contributed by atoms with E-state index in [9.17, 15) is 25.3 Å². The van der Waals surface area contributed by atoms with Crippen molar-refractivity contribution in [1.29, 1.82) is 0 Å². The highest BCUT2D eigenvalue weighted by Crippen LogP contribution is 2.42. The largest absolute Gasteiger partial charge is 0.296 e. The van der Waals surface area contributed by atoms with Crippen molar-refractivity contribution >= 4 is 112 Å². The van der Waals surface area contributed by atoms with Crippen molar-refractivity contribution in [2.45, 2.75) is 90.6 Å². The zero-order chi connectivity index (χ0) is 63.0. The van der Waals surface area contributed by atoms with E-state index >= 15 is 0 Å². The molecule has 0 spiro atoms. The molecule has 18 heteroatoms. The summed E-state index contributed by atoms with van der Waals surface area (Å²) in [4.78, 5) is 21.5. The summed E-state index contributed by atoms with van der Waals surface area (Å²) in [5.41, 5.74) is 8.46. The molecule has 6 aromatic carbocycles. The minimum absolute atomic E-state index is 0.305. The standard InChI is InChI=1S/3C25H23N3O2S/c29-31(30,24-11-3-7-18-6-1-2-9-21(18)24)28-17-23(22-10-4-13-26-25(22)28)19-12-15-27-14-5-8-20(27)16-19;29-31(30,25-9-3-6-18-5-1-2-8-21(18)25)28-17-23(22-16-26-12-10-24(22)28)19-11-14-27-13-4-7-20(27)15-19;29-31(30,25-9-3-6-18-5-1-2-8-21(18)25)28-17-23(22-10-12-26-16-24(22)28)19-11-14-27-13-4-7-20(27)15-19/h1-4,6-7,9-13,17,20H,5,8,14-16H2;2*1-3,5-6,8-12,16-17,20H,4,7,13-15H2. The summed E-state index contributed by atoms with van der Waals surface area (Å²) in [6.45, 7) is 6.29. The Balaban J connectivity index is 0.000000111. The minimum Gasteiger partial charge on any atom is -0.296 e. The van der Waals surface area contributed by atoms with Crippen molar-refractivity contribution in [3.8, 4) is 0 Å². The number of aromatic nitrogens is 6. The quantitative estimate of drug-likeness (QED) is 0.134. The van der Waals surface area contributed by atoms with Crippen LogP contribution in [0.1, 0.15) is 74.5 Å². The molecule has 0 bridgehead atoms. The summed E-state index contributed by atoms with van der Waals surface area (Å²) in [5.74, 6) is 0. The lowest BCUT2D eigenvalue weighted by Crippen LogP contribution is -2.32. The van der Waals surface area contributed by atoms with Crippen LogP contribution in [-0.2, 0) is 30.1 Å². The van der Waals surface area contributed by atoms with E-state index in [0.717, 1.165) is 124 Å². The number of fused-ring (bicyclic) bond motifs is 9. The summed E-state index contributed by atoms with van der Waals surface area (Å²) in [6.07, 6.45) is 31.0. The molecule has 0 radical (unpaired) electrons. The van der Waals surface area contributed by atoms with Gasteiger partial charge in [0, 0.05) is 130 Å². The molecule has 3 atom stereocenters. The molecule has 0 aliphatic carbocycles. The van der Waals surface area contributed by atoms with Crippen molar-refractivity contribution in [3.63, 3.8) is 0 Å². The fraction of sp³-hybridized carbons (Fsp3) is 0.240. The summed E-state index contributed by atoms with van der Waals surface area (Å²) >= 11 is 0. The van der Waals surface area contributed by atoms with E-state index in [1.165, 1.54) is 67.2 Å². The van der Waals surface area contributed by atoms with E-state index in [-0.39, 0.29) is 0 Å². The molecule has 3 unspecified atom stereocenters. The van der Waals surface area contributed by atoms with Crippen LogP contribution in [0.4, 0.5) is 0 Å². The SMILES string of the molecule is O=S(=O)(c1cccc2ccccc12)n1cc(C2=CCN3CCCC3C2)c2cccnc21.O=S(=O)(c1cccc2ccccc12)n1cc(C2=CCN3CCCC3C2)c2ccncc21.O=S(=O)(c1cccc2ccccc12)n1cc(C2=CCN3CCCC3C2)c2cnccc21. The van der Waals surface area contributed by atoms with E-state index in [1.54, 1.807) is 86.0 Å². The lowest BCUT2D eigenvalue weighted by Gasteiger charge is -2.29. The third-order valence-electron chi connectivity index (χ3n) is 20.2. The minimum atomic E-state index is -3.81. The van der Waals surface area contributed by atoms with Crippen LogP contribution in [0.3, 0.4) is 0 Å². The number of hydrogen-bond acceptors (Lipinski definition) is 12. The molecule has 12 aromatic rings. The van der Waals surface area contributed by atoms with Gasteiger partial charge in [-0.25, -0.2) is 42.2 Å². The Morgan fingerprint density at radius 2 is 0.753 bits per heavy atom. The third-order valence-corrected chi connectivity index (χ3v) is 25.3. The second kappa shape index (κ2) is 23.9. The van der Waals surface area contributed by atoms with Gasteiger partial charge in [0.1, 0.15) is 0 Å². The first-order valence-electron chi connectivity index (χ1n) is 32.2. The lowest BCUT2D eigenvalue weighted by atomic mass is 9.94. The Bertz CT molecular complexity index is 4870. The van der Waals surface area contributed by atoms with Gasteiger partial charge in [-0.1, -0.05) is 127 Å². The molecule has 18 rings (SSSR count). The first-order chi connectivity index (χ1) is 45.4. The zero-order valence-corrected chi connectivity index (χ0v) is 53.8. The van der Waals surface area contributed by atoms with Gasteiger partial charge in [0.05, 0.1) is 31.9 Å². The number of benzene rings is 6. The monoisotopic (exact) mass is 1290 g/mol. The number of hydrogen-bond donors (Lipinski definition) is 0. The van der Waals surface area contributed by atoms with Crippen LogP contribution < -0.4 is 0 Å². The Kier molecular flexibility index (Phi) is 15.2. The Labute approximate surface area is 541 Å². The van der Waals surface area contributed by atoms with Crippen LogP contribution >= 0.6 is 0 Å². The van der Waals surface area contributed by atoms with Gasteiger partial charge in [-0.2, -0.15) is 0 Å². The maximum atomic E-state index is 13.9. The lowest BCUT2D eigenvalue weighted by molar-refractivity contribution is 0.275. The van der Waals surface area contributed by atoms with Gasteiger partial charge in [0.15, 0.2) is 5.65 Å². The second-order valence-electron chi connectivity index (χ2n) is 25.3. The van der Waals surface area contributed by atoms with Crippen molar-refractivity contribution in [1.82, 2.24) is 41.6 Å². The zero-order valence-electron chi connectivity index (χ0n) is 51.3. The van der Waals surface area contributed by atoms with Crippen molar-refractivity contribution in [2.75, 3.05) is 39.3 Å². The summed E-state index contributed by atoms with van der Waals surface area (Å²) in [6, 6.07) is 48.4. The van der Waals surface area contributed by atoms with Crippen LogP contribution in [0.15, 0.2) is 234 Å². The second-order valence-corrected chi connectivity index (χ2v) is 30.6. The molecule has 3 saturated heterocycles. The van der Waals surface area contributed by atoms with Crippen molar-refractivity contribution in [3.05, 3.63) is 236 Å². The van der Waals surface area contributed by atoms with Gasteiger partial charge in [0.2, 0.25) is 0 Å². The molecule has 0 N–H and O–H groups in total. The highest BCUT2D eigenvalue weighted by atomic mass is 32.2. The molecule has 6 aliphatic rings. The average molecular weight is 1290 g/mol. The van der Waals surface area contributed by atoms with Gasteiger partial charge in [-0.05, 0) is 153 Å². The molecule has 3 fully saturated rings. The van der Waals surface area contributed by atoms with Crippen molar-refractivity contribution < 1.29 is 25.3 Å². The van der Waals surface area contributed by atoms with E-state index in [2.05, 4.69) is 47.9 Å². The highest BCUT2D eigenvalue weighted by Gasteiger charge is 2.35. The van der Waals surface area contributed by atoms with Crippen LogP contribution in [0, 0.1) is 0 Å². The normalized spacial score (nSPS) is 19.6. The molecular formula is C75H69N9O6S3. The Hall–Kier alpha value is -8.88. The Morgan fingerprint density at radius 1 is 0.355 bits per heavy atom. The van der Waals surface area contributed by atoms with Crippen molar-refractivity contribution in [2.24, 2.45) is 0 Å². The Morgan fingerprint density at radius 3 is 1.26 bits per heavy atom. The van der Waals surface area contributed by atoms with Gasteiger partial charge < -0.3 is 0 Å². The predicted molar refractivity (Wildman–Crippen MR) is 370 cm³/mol. The molecule has 6 aromatic heterocycles. The molecule has 93 heavy (non-hydrogen) atoms. The summed E-state index contributed by atoms with van der Waals surface area (Å²) in [7, 11) is -11.4. The summed E-state index contributed by atoms with van der Waals surface area (Å²) in [5, 5.41) is 7.65. The fourth-order valence-corrected chi connectivity index (χ4v) is 20.2. The van der Waals surface area contributed by atoms with Gasteiger partial charge in [-0.15, -0.1) is 0 Å². The first kappa shape index (κ1) is 59.2. The number of rotatable bonds is 9. The smallest absolute Gasteiger partial charge is 0.270 e.